The van der Waals surface area contributed by atoms with Crippen molar-refractivity contribution < 1.29 is 14.3 Å². The van der Waals surface area contributed by atoms with Crippen LogP contribution in [-0.4, -0.2) is 42.8 Å². The molecule has 1 heterocycles. The Labute approximate surface area is 105 Å². The van der Waals surface area contributed by atoms with Crippen LogP contribution in [0.4, 0.5) is 0 Å². The summed E-state index contributed by atoms with van der Waals surface area (Å²) in [5, 5.41) is 2.62. The van der Waals surface area contributed by atoms with Crippen molar-refractivity contribution in [2.24, 2.45) is 0 Å². The highest BCUT2D eigenvalue weighted by atomic mass is 16.5. The lowest BCUT2D eigenvalue weighted by atomic mass is 10.4. The van der Waals surface area contributed by atoms with E-state index in [1.165, 1.54) is 17.7 Å². The summed E-state index contributed by atoms with van der Waals surface area (Å²) < 4.78 is 11.0. The molecule has 1 N–H and O–H groups in total. The van der Waals surface area contributed by atoms with Gasteiger partial charge in [0.2, 0.25) is 5.91 Å². The fourth-order valence-electron chi connectivity index (χ4n) is 1.39. The maximum absolute atomic E-state index is 11.7. The zero-order valence-corrected chi connectivity index (χ0v) is 10.7. The average Bonchev–Trinajstić information content (AvgIpc) is 2.32. The molecule has 0 aromatic carbocycles. The Hall–Kier alpha value is -1.89. The molecule has 0 saturated carbocycles. The van der Waals surface area contributed by atoms with Crippen molar-refractivity contribution in [2.45, 2.75) is 13.5 Å². The third-order valence-corrected chi connectivity index (χ3v) is 2.21. The molecule has 1 aromatic rings. The Morgan fingerprint density at radius 1 is 1.50 bits per heavy atom. The molecule has 0 unspecified atom stereocenters. The fourth-order valence-corrected chi connectivity index (χ4v) is 1.39. The second-order valence-electron chi connectivity index (χ2n) is 3.65. The number of carbonyl (C=O) groups is 1. The van der Waals surface area contributed by atoms with E-state index < -0.39 is 0 Å². The van der Waals surface area contributed by atoms with Crippen LogP contribution in [0.1, 0.15) is 5.69 Å². The van der Waals surface area contributed by atoms with E-state index in [0.717, 1.165) is 0 Å². The van der Waals surface area contributed by atoms with Crippen LogP contribution in [0.25, 0.3) is 0 Å². The first-order valence-corrected chi connectivity index (χ1v) is 5.46. The highest BCUT2D eigenvalue weighted by Crippen LogP contribution is 2.03. The Morgan fingerprint density at radius 3 is 2.83 bits per heavy atom. The summed E-state index contributed by atoms with van der Waals surface area (Å²) in [7, 11) is 2.95. The Kier molecular flexibility index (Phi) is 5.31. The molecule has 0 fully saturated rings. The lowest BCUT2D eigenvalue weighted by Gasteiger charge is -2.10. The van der Waals surface area contributed by atoms with Gasteiger partial charge < -0.3 is 14.8 Å². The van der Waals surface area contributed by atoms with Crippen LogP contribution in [0.15, 0.2) is 10.9 Å². The van der Waals surface area contributed by atoms with Gasteiger partial charge in [0.25, 0.3) is 11.6 Å². The first kappa shape index (κ1) is 14.2. The van der Waals surface area contributed by atoms with Gasteiger partial charge in [0, 0.05) is 25.4 Å². The molecule has 1 rings (SSSR count). The number of amides is 1. The van der Waals surface area contributed by atoms with Crippen LogP contribution in [0.3, 0.4) is 0 Å². The summed E-state index contributed by atoms with van der Waals surface area (Å²) in [6.45, 7) is 2.38. The highest BCUT2D eigenvalue weighted by molar-refractivity contribution is 5.75. The number of carbonyl (C=O) groups excluding carboxylic acids is 1. The maximum atomic E-state index is 11.7. The molecule has 0 saturated heterocycles. The molecule has 0 bridgehead atoms. The summed E-state index contributed by atoms with van der Waals surface area (Å²) in [6.07, 6.45) is 0. The van der Waals surface area contributed by atoms with Crippen molar-refractivity contribution in [1.29, 1.82) is 0 Å². The van der Waals surface area contributed by atoms with Crippen LogP contribution in [0, 0.1) is 6.92 Å². The predicted octanol–water partition coefficient (Wildman–Crippen LogP) is -0.677. The smallest absolute Gasteiger partial charge is 0.299 e. The van der Waals surface area contributed by atoms with E-state index in [2.05, 4.69) is 10.3 Å². The van der Waals surface area contributed by atoms with Crippen LogP contribution in [0.5, 0.6) is 6.01 Å². The third-order valence-electron chi connectivity index (χ3n) is 2.21. The van der Waals surface area contributed by atoms with Crippen molar-refractivity contribution in [1.82, 2.24) is 14.9 Å². The summed E-state index contributed by atoms with van der Waals surface area (Å²) in [5.41, 5.74) is 0.231. The van der Waals surface area contributed by atoms with Crippen LogP contribution in [0.2, 0.25) is 0 Å². The monoisotopic (exact) mass is 255 g/mol. The quantitative estimate of drug-likeness (QED) is 0.681. The summed E-state index contributed by atoms with van der Waals surface area (Å²) in [4.78, 5) is 27.3. The summed E-state index contributed by atoms with van der Waals surface area (Å²) in [6, 6.07) is 1.48. The standard InChI is InChI=1S/C11H17N3O4/c1-8-6-10(16)14(11(13-8)18-3)7-9(15)12-4-5-17-2/h6H,4-5,7H2,1-3H3,(H,12,15). The van der Waals surface area contributed by atoms with Crippen LogP contribution < -0.4 is 15.6 Å². The van der Waals surface area contributed by atoms with Gasteiger partial charge in [0.15, 0.2) is 0 Å². The molecule has 100 valence electrons. The largest absolute Gasteiger partial charge is 0.468 e. The summed E-state index contributed by atoms with van der Waals surface area (Å²) >= 11 is 0. The zero-order chi connectivity index (χ0) is 13.5. The molecule has 0 atom stereocenters. The van der Waals surface area contributed by atoms with Gasteiger partial charge in [-0.05, 0) is 6.92 Å². The van der Waals surface area contributed by atoms with E-state index in [-0.39, 0.29) is 24.0 Å². The number of aromatic nitrogens is 2. The second kappa shape index (κ2) is 6.75. The molecule has 0 aliphatic carbocycles. The van der Waals surface area contributed by atoms with E-state index in [1.807, 2.05) is 0 Å². The minimum Gasteiger partial charge on any atom is -0.468 e. The van der Waals surface area contributed by atoms with E-state index in [1.54, 1.807) is 14.0 Å². The zero-order valence-electron chi connectivity index (χ0n) is 10.7. The molecular formula is C11H17N3O4. The van der Waals surface area contributed by atoms with Gasteiger partial charge in [-0.1, -0.05) is 0 Å². The van der Waals surface area contributed by atoms with E-state index in [0.29, 0.717) is 18.8 Å². The molecule has 0 spiro atoms. The number of aryl methyl sites for hydroxylation is 1. The normalized spacial score (nSPS) is 10.2. The molecule has 0 aliphatic rings. The maximum Gasteiger partial charge on any atom is 0.299 e. The number of hydrogen-bond donors (Lipinski definition) is 1. The van der Waals surface area contributed by atoms with Gasteiger partial charge in [0.1, 0.15) is 6.54 Å². The van der Waals surface area contributed by atoms with Crippen molar-refractivity contribution in [3.63, 3.8) is 0 Å². The van der Waals surface area contributed by atoms with Gasteiger partial charge in [-0.3, -0.25) is 14.2 Å². The van der Waals surface area contributed by atoms with Gasteiger partial charge in [0.05, 0.1) is 13.7 Å². The van der Waals surface area contributed by atoms with Crippen molar-refractivity contribution in [3.8, 4) is 6.01 Å². The van der Waals surface area contributed by atoms with E-state index in [4.69, 9.17) is 9.47 Å². The number of hydrogen-bond acceptors (Lipinski definition) is 5. The minimum atomic E-state index is -0.318. The van der Waals surface area contributed by atoms with Crippen LogP contribution >= 0.6 is 0 Å². The fraction of sp³-hybridized carbons (Fsp3) is 0.545. The Balaban J connectivity index is 2.77. The number of nitrogens with one attached hydrogen (secondary N) is 1. The summed E-state index contributed by atoms with van der Waals surface area (Å²) in [5.74, 6) is -0.293. The lowest BCUT2D eigenvalue weighted by Crippen LogP contribution is -2.34. The SMILES string of the molecule is COCCNC(=O)Cn1c(OC)nc(C)cc1=O. The van der Waals surface area contributed by atoms with E-state index >= 15 is 0 Å². The van der Waals surface area contributed by atoms with Crippen LogP contribution in [-0.2, 0) is 16.1 Å². The van der Waals surface area contributed by atoms with E-state index in [9.17, 15) is 9.59 Å². The third kappa shape index (κ3) is 3.85. The molecule has 1 amide bonds. The number of rotatable bonds is 6. The van der Waals surface area contributed by atoms with Crippen molar-refractivity contribution in [3.05, 3.63) is 22.1 Å². The van der Waals surface area contributed by atoms with Gasteiger partial charge in [-0.2, -0.15) is 0 Å². The molecule has 1 aromatic heterocycles. The van der Waals surface area contributed by atoms with Gasteiger partial charge >= 0.3 is 0 Å². The topological polar surface area (TPSA) is 82.4 Å². The number of methoxy groups -OCH3 is 2. The van der Waals surface area contributed by atoms with Crippen molar-refractivity contribution >= 4 is 5.91 Å². The molecule has 7 nitrogen and oxygen atoms in total. The first-order chi connectivity index (χ1) is 8.58. The molecule has 18 heavy (non-hydrogen) atoms. The Bertz CT molecular complexity index is 470. The average molecular weight is 255 g/mol. The van der Waals surface area contributed by atoms with Gasteiger partial charge in [-0.25, -0.2) is 4.98 Å². The molecule has 7 heteroatoms. The lowest BCUT2D eigenvalue weighted by molar-refractivity contribution is -0.122. The minimum absolute atomic E-state index is 0.126. The first-order valence-electron chi connectivity index (χ1n) is 5.46. The molecular weight excluding hydrogens is 238 g/mol. The number of nitrogens with zero attached hydrogens (tertiary/aromatic N) is 2. The highest BCUT2D eigenvalue weighted by Gasteiger charge is 2.11. The van der Waals surface area contributed by atoms with Crippen molar-refractivity contribution in [2.75, 3.05) is 27.4 Å². The van der Waals surface area contributed by atoms with Gasteiger partial charge in [-0.15, -0.1) is 0 Å². The second-order valence-corrected chi connectivity index (χ2v) is 3.65. The Morgan fingerprint density at radius 2 is 2.22 bits per heavy atom. The predicted molar refractivity (Wildman–Crippen MR) is 64.7 cm³/mol. The molecule has 0 aliphatic heterocycles. The number of ether oxygens (including phenoxy) is 2. The molecule has 0 radical (unpaired) electrons.